The Morgan fingerprint density at radius 3 is 3.00 bits per heavy atom. The molecule has 126 valence electrons. The van der Waals surface area contributed by atoms with Crippen LogP contribution in [0.2, 0.25) is 0 Å². The highest BCUT2D eigenvalue weighted by Gasteiger charge is 2.25. The van der Waals surface area contributed by atoms with Crippen LogP contribution in [0.5, 0.6) is 5.75 Å². The van der Waals surface area contributed by atoms with Gasteiger partial charge >= 0.3 is 0 Å². The molecule has 24 heavy (non-hydrogen) atoms. The van der Waals surface area contributed by atoms with Crippen LogP contribution < -0.4 is 4.74 Å². The summed E-state index contributed by atoms with van der Waals surface area (Å²) in [6.07, 6.45) is 6.90. The lowest BCUT2D eigenvalue weighted by molar-refractivity contribution is 0.210. The number of aromatic nitrogens is 2. The molecule has 2 aliphatic rings. The largest absolute Gasteiger partial charge is 0.489 e. The van der Waals surface area contributed by atoms with Gasteiger partial charge in [0.05, 0.1) is 5.69 Å². The highest BCUT2D eigenvalue weighted by molar-refractivity contribution is 5.62. The lowest BCUT2D eigenvalue weighted by Crippen LogP contribution is -2.37. The highest BCUT2D eigenvalue weighted by atomic mass is 16.5. The van der Waals surface area contributed by atoms with Crippen LogP contribution in [0.25, 0.3) is 6.08 Å². The Morgan fingerprint density at radius 1 is 1.29 bits per heavy atom. The number of fused-ring (bicyclic) bond motifs is 1. The lowest BCUT2D eigenvalue weighted by atomic mass is 9.96. The van der Waals surface area contributed by atoms with Crippen LogP contribution in [-0.4, -0.2) is 40.7 Å². The van der Waals surface area contributed by atoms with Crippen molar-refractivity contribution in [1.29, 1.82) is 0 Å². The van der Waals surface area contributed by atoms with E-state index >= 15 is 0 Å². The first kappa shape index (κ1) is 15.5. The Morgan fingerprint density at radius 2 is 2.17 bits per heavy atom. The van der Waals surface area contributed by atoms with Crippen LogP contribution in [0, 0.1) is 6.92 Å². The average Bonchev–Trinajstić information content (AvgIpc) is 2.93. The van der Waals surface area contributed by atoms with E-state index in [1.807, 2.05) is 12.1 Å². The van der Waals surface area contributed by atoms with E-state index in [4.69, 9.17) is 9.72 Å². The zero-order valence-corrected chi connectivity index (χ0v) is 14.5. The Hall–Kier alpha value is -2.07. The summed E-state index contributed by atoms with van der Waals surface area (Å²) < 4.78 is 8.10. The summed E-state index contributed by atoms with van der Waals surface area (Å²) in [4.78, 5) is 7.30. The monoisotopic (exact) mass is 323 g/mol. The van der Waals surface area contributed by atoms with Crippen molar-refractivity contribution in [2.45, 2.75) is 25.7 Å². The second-order valence-corrected chi connectivity index (χ2v) is 7.05. The van der Waals surface area contributed by atoms with Crippen molar-refractivity contribution >= 4 is 6.08 Å². The predicted molar refractivity (Wildman–Crippen MR) is 96.3 cm³/mol. The van der Waals surface area contributed by atoms with Crippen molar-refractivity contribution in [3.63, 3.8) is 0 Å². The molecule has 4 nitrogen and oxygen atoms in total. The number of rotatable bonds is 3. The minimum Gasteiger partial charge on any atom is -0.489 e. The number of piperidine rings is 1. The van der Waals surface area contributed by atoms with Crippen LogP contribution in [0.1, 0.15) is 35.8 Å². The van der Waals surface area contributed by atoms with Crippen LogP contribution in [-0.2, 0) is 7.05 Å². The second-order valence-electron chi connectivity index (χ2n) is 7.05. The SMILES string of the molecule is Cc1cn(C)c(C2CCCN(CC3=Cc4ccccc4OC3)C2)n1. The van der Waals surface area contributed by atoms with Gasteiger partial charge in [-0.2, -0.15) is 0 Å². The number of hydrogen-bond acceptors (Lipinski definition) is 3. The maximum Gasteiger partial charge on any atom is 0.127 e. The van der Waals surface area contributed by atoms with E-state index in [0.29, 0.717) is 12.5 Å². The summed E-state index contributed by atoms with van der Waals surface area (Å²) >= 11 is 0. The van der Waals surface area contributed by atoms with Crippen molar-refractivity contribution in [3.8, 4) is 5.75 Å². The fourth-order valence-electron chi connectivity index (χ4n) is 3.97. The number of para-hydroxylation sites is 1. The normalized spacial score (nSPS) is 21.1. The molecular formula is C20H25N3O. The van der Waals surface area contributed by atoms with Crippen LogP contribution in [0.4, 0.5) is 0 Å². The van der Waals surface area contributed by atoms with Gasteiger partial charge in [-0.25, -0.2) is 4.98 Å². The number of hydrogen-bond donors (Lipinski definition) is 0. The zero-order valence-electron chi connectivity index (χ0n) is 14.5. The van der Waals surface area contributed by atoms with E-state index in [2.05, 4.69) is 47.8 Å². The number of nitrogens with zero attached hydrogens (tertiary/aromatic N) is 3. The molecule has 4 heteroatoms. The summed E-state index contributed by atoms with van der Waals surface area (Å²) in [7, 11) is 2.11. The molecule has 3 heterocycles. The van der Waals surface area contributed by atoms with Gasteiger partial charge in [-0.15, -0.1) is 0 Å². The predicted octanol–water partition coefficient (Wildman–Crippen LogP) is 3.38. The zero-order chi connectivity index (χ0) is 16.5. The number of ether oxygens (including phenoxy) is 1. The van der Waals surface area contributed by atoms with E-state index < -0.39 is 0 Å². The topological polar surface area (TPSA) is 30.3 Å². The molecule has 1 saturated heterocycles. The van der Waals surface area contributed by atoms with Crippen molar-refractivity contribution in [3.05, 3.63) is 53.1 Å². The van der Waals surface area contributed by atoms with Gasteiger partial charge in [0, 0.05) is 37.8 Å². The molecule has 0 bridgehead atoms. The van der Waals surface area contributed by atoms with Crippen molar-refractivity contribution in [2.75, 3.05) is 26.2 Å². The molecule has 4 rings (SSSR count). The second kappa shape index (κ2) is 6.44. The maximum absolute atomic E-state index is 5.90. The van der Waals surface area contributed by atoms with E-state index in [1.54, 1.807) is 0 Å². The molecule has 0 amide bonds. The Kier molecular flexibility index (Phi) is 4.15. The number of benzene rings is 1. The quantitative estimate of drug-likeness (QED) is 0.867. The van der Waals surface area contributed by atoms with E-state index in [1.165, 1.54) is 36.3 Å². The number of imidazole rings is 1. The molecule has 0 spiro atoms. The van der Waals surface area contributed by atoms with Gasteiger partial charge in [-0.05, 0) is 44.0 Å². The number of aryl methyl sites for hydroxylation is 2. The van der Waals surface area contributed by atoms with Gasteiger partial charge in [-0.1, -0.05) is 18.2 Å². The molecule has 0 aliphatic carbocycles. The van der Waals surface area contributed by atoms with Crippen molar-refractivity contribution in [1.82, 2.24) is 14.5 Å². The van der Waals surface area contributed by atoms with Gasteiger partial charge in [0.1, 0.15) is 18.2 Å². The van der Waals surface area contributed by atoms with Crippen LogP contribution >= 0.6 is 0 Å². The van der Waals surface area contributed by atoms with E-state index in [-0.39, 0.29) is 0 Å². The van der Waals surface area contributed by atoms with Crippen molar-refractivity contribution < 1.29 is 4.74 Å². The fraction of sp³-hybridized carbons (Fsp3) is 0.450. The maximum atomic E-state index is 5.90. The molecule has 1 unspecified atom stereocenters. The Balaban J connectivity index is 1.46. The first-order valence-corrected chi connectivity index (χ1v) is 8.82. The third kappa shape index (κ3) is 3.11. The van der Waals surface area contributed by atoms with Gasteiger partial charge in [-0.3, -0.25) is 4.90 Å². The first-order chi connectivity index (χ1) is 11.7. The first-order valence-electron chi connectivity index (χ1n) is 8.82. The third-order valence-electron chi connectivity index (χ3n) is 5.02. The standard InChI is InChI=1S/C20H25N3O/c1-15-11-22(2)20(21-15)18-7-5-9-23(13-18)12-16-10-17-6-3-4-8-19(17)24-14-16/h3-4,6,8,10-11,18H,5,7,9,12-14H2,1-2H3. The average molecular weight is 323 g/mol. The van der Waals surface area contributed by atoms with E-state index in [9.17, 15) is 0 Å². The van der Waals surface area contributed by atoms with Crippen LogP contribution in [0.15, 0.2) is 36.0 Å². The minimum atomic E-state index is 0.537. The smallest absolute Gasteiger partial charge is 0.127 e. The van der Waals surface area contributed by atoms with Gasteiger partial charge in [0.25, 0.3) is 0 Å². The summed E-state index contributed by atoms with van der Waals surface area (Å²) in [5.74, 6) is 2.77. The molecular weight excluding hydrogens is 298 g/mol. The van der Waals surface area contributed by atoms with Crippen molar-refractivity contribution in [2.24, 2.45) is 7.05 Å². The Labute approximate surface area is 143 Å². The highest BCUT2D eigenvalue weighted by Crippen LogP contribution is 2.29. The molecule has 2 aliphatic heterocycles. The van der Waals surface area contributed by atoms with Crippen LogP contribution in [0.3, 0.4) is 0 Å². The molecule has 0 saturated carbocycles. The van der Waals surface area contributed by atoms with Gasteiger partial charge in [0.2, 0.25) is 0 Å². The molecule has 1 fully saturated rings. The fourth-order valence-corrected chi connectivity index (χ4v) is 3.97. The molecule has 2 aromatic rings. The van der Waals surface area contributed by atoms with Gasteiger partial charge in [0.15, 0.2) is 0 Å². The summed E-state index contributed by atoms with van der Waals surface area (Å²) in [6.45, 7) is 6.03. The minimum absolute atomic E-state index is 0.537. The summed E-state index contributed by atoms with van der Waals surface area (Å²) in [5.41, 5.74) is 3.68. The molecule has 1 aromatic carbocycles. The molecule has 1 atom stereocenters. The van der Waals surface area contributed by atoms with E-state index in [0.717, 1.165) is 24.5 Å². The summed E-state index contributed by atoms with van der Waals surface area (Å²) in [6, 6.07) is 8.27. The summed E-state index contributed by atoms with van der Waals surface area (Å²) in [5, 5.41) is 0. The number of likely N-dealkylation sites (tertiary alicyclic amines) is 1. The lowest BCUT2D eigenvalue weighted by Gasteiger charge is -2.33. The third-order valence-corrected chi connectivity index (χ3v) is 5.02. The van der Waals surface area contributed by atoms with Gasteiger partial charge < -0.3 is 9.30 Å². The molecule has 0 radical (unpaired) electrons. The Bertz CT molecular complexity index is 762. The molecule has 1 aromatic heterocycles. The molecule has 0 N–H and O–H groups in total.